The molecule has 2 nitrogen and oxygen atoms in total. The summed E-state index contributed by atoms with van der Waals surface area (Å²) in [6, 6.07) is 4.83. The van der Waals surface area contributed by atoms with Crippen LogP contribution in [0.1, 0.15) is 32.6 Å². The summed E-state index contributed by atoms with van der Waals surface area (Å²) >= 11 is 5.37. The van der Waals surface area contributed by atoms with Crippen LogP contribution < -0.4 is 0 Å². The first-order valence-corrected chi connectivity index (χ1v) is 6.86. The molecule has 1 fully saturated rings. The van der Waals surface area contributed by atoms with Crippen LogP contribution in [0.4, 0.5) is 4.39 Å². The summed E-state index contributed by atoms with van der Waals surface area (Å²) in [7, 11) is 0. The minimum atomic E-state index is -0.224. The highest BCUT2D eigenvalue weighted by molar-refractivity contribution is 7.71. The Kier molecular flexibility index (Phi) is 2.77. The maximum atomic E-state index is 13.2. The third kappa shape index (κ3) is 1.99. The fraction of sp³-hybridized carbons (Fsp3) is 0.500. The van der Waals surface area contributed by atoms with Crippen molar-refractivity contribution in [1.29, 1.82) is 0 Å². The number of imidazole rings is 1. The van der Waals surface area contributed by atoms with E-state index >= 15 is 0 Å². The average Bonchev–Trinajstić information content (AvgIpc) is 2.85. The Balaban J connectivity index is 2.06. The molecule has 0 radical (unpaired) electrons. The third-order valence-electron chi connectivity index (χ3n) is 4.09. The Hall–Kier alpha value is -1.16. The minimum Gasteiger partial charge on any atom is -0.330 e. The van der Waals surface area contributed by atoms with Gasteiger partial charge in [0.25, 0.3) is 0 Å². The average molecular weight is 264 g/mol. The molecule has 0 amide bonds. The van der Waals surface area contributed by atoms with Crippen LogP contribution in [0.2, 0.25) is 0 Å². The Morgan fingerprint density at radius 3 is 2.83 bits per heavy atom. The molecule has 1 saturated carbocycles. The van der Waals surface area contributed by atoms with Gasteiger partial charge in [-0.2, -0.15) is 0 Å². The van der Waals surface area contributed by atoms with Crippen molar-refractivity contribution in [3.8, 4) is 0 Å². The van der Waals surface area contributed by atoms with Crippen molar-refractivity contribution in [2.24, 2.45) is 5.41 Å². The molecule has 2 aromatic rings. The molecule has 1 heterocycles. The largest absolute Gasteiger partial charge is 0.330 e. The lowest BCUT2D eigenvalue weighted by Crippen LogP contribution is -2.19. The molecule has 1 aliphatic rings. The summed E-state index contributed by atoms with van der Waals surface area (Å²) in [4.78, 5) is 3.10. The molecule has 18 heavy (non-hydrogen) atoms. The van der Waals surface area contributed by atoms with E-state index in [4.69, 9.17) is 12.2 Å². The molecule has 4 heteroatoms. The lowest BCUT2D eigenvalue weighted by Gasteiger charge is -2.24. The molecule has 0 atom stereocenters. The van der Waals surface area contributed by atoms with Gasteiger partial charge < -0.3 is 9.55 Å². The normalized spacial score (nSPS) is 18.6. The third-order valence-corrected chi connectivity index (χ3v) is 4.41. The predicted molar refractivity (Wildman–Crippen MR) is 73.7 cm³/mol. The first-order chi connectivity index (χ1) is 8.57. The second-order valence-corrected chi connectivity index (χ2v) is 6.08. The maximum Gasteiger partial charge on any atom is 0.178 e. The van der Waals surface area contributed by atoms with Crippen molar-refractivity contribution >= 4 is 23.3 Å². The van der Waals surface area contributed by atoms with Gasteiger partial charge in [-0.15, -0.1) is 0 Å². The van der Waals surface area contributed by atoms with Gasteiger partial charge in [-0.05, 0) is 48.7 Å². The summed E-state index contributed by atoms with van der Waals surface area (Å²) in [5, 5.41) is 0. The Labute approximate surface area is 111 Å². The van der Waals surface area contributed by atoms with Crippen molar-refractivity contribution in [2.45, 2.75) is 39.2 Å². The van der Waals surface area contributed by atoms with Gasteiger partial charge in [-0.1, -0.05) is 19.8 Å². The van der Waals surface area contributed by atoms with E-state index in [1.165, 1.54) is 37.8 Å². The summed E-state index contributed by atoms with van der Waals surface area (Å²) in [6.07, 6.45) is 5.12. The zero-order valence-corrected chi connectivity index (χ0v) is 11.3. The molecule has 0 unspecified atom stereocenters. The first-order valence-electron chi connectivity index (χ1n) is 6.46. The monoisotopic (exact) mass is 264 g/mol. The number of nitrogens with zero attached hydrogens (tertiary/aromatic N) is 1. The van der Waals surface area contributed by atoms with Crippen LogP contribution in [0.15, 0.2) is 18.2 Å². The van der Waals surface area contributed by atoms with E-state index in [2.05, 4.69) is 16.5 Å². The number of hydrogen-bond acceptors (Lipinski definition) is 1. The van der Waals surface area contributed by atoms with Gasteiger partial charge in [-0.3, -0.25) is 0 Å². The molecule has 0 aliphatic heterocycles. The van der Waals surface area contributed by atoms with Gasteiger partial charge >= 0.3 is 0 Å². The van der Waals surface area contributed by atoms with Crippen molar-refractivity contribution < 1.29 is 4.39 Å². The quantitative estimate of drug-likeness (QED) is 0.796. The highest BCUT2D eigenvalue weighted by Gasteiger charge is 2.29. The van der Waals surface area contributed by atoms with E-state index in [0.717, 1.165) is 17.6 Å². The van der Waals surface area contributed by atoms with Crippen molar-refractivity contribution in [3.63, 3.8) is 0 Å². The van der Waals surface area contributed by atoms with Gasteiger partial charge in [0.1, 0.15) is 5.82 Å². The van der Waals surface area contributed by atoms with Crippen LogP contribution in [0.3, 0.4) is 0 Å². The molecule has 1 aromatic carbocycles. The Bertz CT molecular complexity index is 635. The number of hydrogen-bond donors (Lipinski definition) is 1. The van der Waals surface area contributed by atoms with E-state index in [0.29, 0.717) is 10.2 Å². The van der Waals surface area contributed by atoms with Gasteiger partial charge in [0.2, 0.25) is 0 Å². The van der Waals surface area contributed by atoms with Crippen LogP contribution in [-0.4, -0.2) is 9.55 Å². The van der Waals surface area contributed by atoms with Crippen LogP contribution in [0, 0.1) is 16.0 Å². The van der Waals surface area contributed by atoms with Gasteiger partial charge in [0.15, 0.2) is 4.77 Å². The minimum absolute atomic E-state index is 0.224. The molecule has 1 aromatic heterocycles. The lowest BCUT2D eigenvalue weighted by molar-refractivity contribution is 0.284. The molecule has 1 aliphatic carbocycles. The van der Waals surface area contributed by atoms with Gasteiger partial charge in [-0.25, -0.2) is 4.39 Å². The molecular formula is C14H17FN2S. The molecule has 0 bridgehead atoms. The van der Waals surface area contributed by atoms with Crippen LogP contribution in [0.5, 0.6) is 0 Å². The second-order valence-electron chi connectivity index (χ2n) is 5.70. The zero-order valence-electron chi connectivity index (χ0n) is 10.5. The van der Waals surface area contributed by atoms with Gasteiger partial charge in [0, 0.05) is 6.54 Å². The maximum absolute atomic E-state index is 13.2. The number of aromatic nitrogens is 2. The van der Waals surface area contributed by atoms with E-state index in [9.17, 15) is 4.39 Å². The number of rotatable bonds is 2. The van der Waals surface area contributed by atoms with E-state index in [-0.39, 0.29) is 5.82 Å². The SMILES string of the molecule is CC1(Cn2c(=S)[nH]c3cc(F)ccc32)CCCC1. The predicted octanol–water partition coefficient (Wildman–Crippen LogP) is 4.42. The highest BCUT2D eigenvalue weighted by Crippen LogP contribution is 2.39. The van der Waals surface area contributed by atoms with Crippen LogP contribution >= 0.6 is 12.2 Å². The van der Waals surface area contributed by atoms with Crippen molar-refractivity contribution in [1.82, 2.24) is 9.55 Å². The molecule has 0 saturated heterocycles. The number of aromatic amines is 1. The topological polar surface area (TPSA) is 20.7 Å². The summed E-state index contributed by atoms with van der Waals surface area (Å²) in [5.41, 5.74) is 2.14. The highest BCUT2D eigenvalue weighted by atomic mass is 32.1. The molecular weight excluding hydrogens is 247 g/mol. The number of nitrogens with one attached hydrogen (secondary N) is 1. The summed E-state index contributed by atoms with van der Waals surface area (Å²) in [5.74, 6) is -0.224. The Morgan fingerprint density at radius 2 is 2.11 bits per heavy atom. The fourth-order valence-electron chi connectivity index (χ4n) is 3.06. The van der Waals surface area contributed by atoms with E-state index in [1.54, 1.807) is 0 Å². The lowest BCUT2D eigenvalue weighted by atomic mass is 9.89. The smallest absolute Gasteiger partial charge is 0.178 e. The number of fused-ring (bicyclic) bond motifs is 1. The standard InChI is InChI=1S/C14H17FN2S/c1-14(6-2-3-7-14)9-17-12-5-4-10(15)8-11(12)16-13(17)18/h4-5,8H,2-3,6-7,9H2,1H3,(H,16,18). The fourth-order valence-corrected chi connectivity index (χ4v) is 3.33. The zero-order chi connectivity index (χ0) is 12.8. The summed E-state index contributed by atoms with van der Waals surface area (Å²) < 4.78 is 16.0. The first kappa shape index (κ1) is 11.9. The number of halogens is 1. The van der Waals surface area contributed by atoms with Gasteiger partial charge in [0.05, 0.1) is 11.0 Å². The molecule has 1 N–H and O–H groups in total. The van der Waals surface area contributed by atoms with Crippen LogP contribution in [-0.2, 0) is 6.54 Å². The van der Waals surface area contributed by atoms with Crippen molar-refractivity contribution in [2.75, 3.05) is 0 Å². The number of H-pyrrole nitrogens is 1. The molecule has 96 valence electrons. The summed E-state index contributed by atoms with van der Waals surface area (Å²) in [6.45, 7) is 3.25. The molecule has 3 rings (SSSR count). The van der Waals surface area contributed by atoms with E-state index in [1.807, 2.05) is 6.07 Å². The second kappa shape index (κ2) is 4.19. The van der Waals surface area contributed by atoms with Crippen LogP contribution in [0.25, 0.3) is 11.0 Å². The van der Waals surface area contributed by atoms with Crippen molar-refractivity contribution in [3.05, 3.63) is 28.8 Å². The van der Waals surface area contributed by atoms with E-state index < -0.39 is 0 Å². The molecule has 0 spiro atoms. The Morgan fingerprint density at radius 1 is 1.39 bits per heavy atom. The number of benzene rings is 1.